The lowest BCUT2D eigenvalue weighted by molar-refractivity contribution is -0.0979. The lowest BCUT2D eigenvalue weighted by Gasteiger charge is -2.26. The number of carbonyl (C=O) groups excluding carboxylic acids is 1. The van der Waals surface area contributed by atoms with E-state index >= 15 is 0 Å². The second kappa shape index (κ2) is 15.5. The van der Waals surface area contributed by atoms with Crippen LogP contribution in [-0.2, 0) is 4.79 Å². The van der Waals surface area contributed by atoms with Gasteiger partial charge in [0.05, 0.1) is 0 Å². The molecule has 0 aromatic rings. The summed E-state index contributed by atoms with van der Waals surface area (Å²) < 4.78 is 0. The maximum Gasteiger partial charge on any atom is 0.106 e. The van der Waals surface area contributed by atoms with Gasteiger partial charge < -0.3 is 14.6 Å². The molecule has 3 nitrogen and oxygen atoms in total. The predicted octanol–water partition coefficient (Wildman–Crippen LogP) is 4.22. The Labute approximate surface area is 139 Å². The summed E-state index contributed by atoms with van der Waals surface area (Å²) in [6.07, 6.45) is 12.8. The van der Waals surface area contributed by atoms with Crippen LogP contribution in [0.4, 0.5) is 0 Å². The fourth-order valence-electron chi connectivity index (χ4n) is 3.08. The van der Waals surface area contributed by atoms with Gasteiger partial charge in [0.25, 0.3) is 0 Å². The van der Waals surface area contributed by atoms with Crippen LogP contribution in [0.1, 0.15) is 71.6 Å². The maximum absolute atomic E-state index is 8.00. The Morgan fingerprint density at radius 3 is 2.00 bits per heavy atom. The molecule has 0 aromatic carbocycles. The fourth-order valence-corrected chi connectivity index (χ4v) is 3.08. The van der Waals surface area contributed by atoms with E-state index in [2.05, 4.69) is 30.7 Å². The summed E-state index contributed by atoms with van der Waals surface area (Å²) in [7, 11) is 2.20. The smallest absolute Gasteiger partial charge is 0.106 e. The highest BCUT2D eigenvalue weighted by Crippen LogP contribution is 2.13. The number of carbonyl (C=O) groups is 1. The Hall–Kier alpha value is -0.410. The summed E-state index contributed by atoms with van der Waals surface area (Å²) in [6.45, 7) is 13.3. The first kappa shape index (κ1) is 21.6. The molecule has 2 aliphatic rings. The first-order chi connectivity index (χ1) is 10.7. The molecule has 2 saturated heterocycles. The van der Waals surface area contributed by atoms with E-state index in [0.717, 1.165) is 5.92 Å². The van der Waals surface area contributed by atoms with Crippen molar-refractivity contribution < 1.29 is 4.79 Å². The van der Waals surface area contributed by atoms with Gasteiger partial charge in [-0.25, -0.2) is 0 Å². The molecule has 0 N–H and O–H groups in total. The molecule has 0 amide bonds. The molecular weight excluding hydrogens is 272 g/mol. The van der Waals surface area contributed by atoms with Gasteiger partial charge in [0.2, 0.25) is 0 Å². The molecule has 0 spiro atoms. The highest BCUT2D eigenvalue weighted by Gasteiger charge is 2.10. The van der Waals surface area contributed by atoms with Crippen LogP contribution in [0.15, 0.2) is 0 Å². The van der Waals surface area contributed by atoms with Gasteiger partial charge in [0.1, 0.15) is 6.79 Å². The number of unbranched alkanes of at least 4 members (excludes halogenated alkanes) is 3. The van der Waals surface area contributed by atoms with Crippen LogP contribution < -0.4 is 0 Å². The zero-order valence-electron chi connectivity index (χ0n) is 15.5. The average Bonchev–Trinajstić information content (AvgIpc) is 2.58. The molecule has 0 radical (unpaired) electrons. The molecular formula is C19H40N2O. The molecule has 0 aromatic heterocycles. The molecule has 2 aliphatic heterocycles. The van der Waals surface area contributed by atoms with Crippen LogP contribution in [0.2, 0.25) is 0 Å². The minimum absolute atomic E-state index is 0.978. The van der Waals surface area contributed by atoms with E-state index in [0.29, 0.717) is 0 Å². The molecule has 0 atom stereocenters. The predicted molar refractivity (Wildman–Crippen MR) is 97.4 cm³/mol. The van der Waals surface area contributed by atoms with E-state index in [1.807, 2.05) is 6.79 Å². The summed E-state index contributed by atoms with van der Waals surface area (Å²) in [4.78, 5) is 13.0. The minimum Gasteiger partial charge on any atom is -0.307 e. The van der Waals surface area contributed by atoms with Crippen LogP contribution in [0.3, 0.4) is 0 Å². The third-order valence-electron chi connectivity index (χ3n) is 4.78. The zero-order chi connectivity index (χ0) is 16.6. The van der Waals surface area contributed by atoms with E-state index in [1.54, 1.807) is 0 Å². The Morgan fingerprint density at radius 2 is 1.50 bits per heavy atom. The first-order valence-corrected chi connectivity index (χ1v) is 9.42. The van der Waals surface area contributed by atoms with Gasteiger partial charge in [-0.1, -0.05) is 39.5 Å². The second-order valence-electron chi connectivity index (χ2n) is 6.95. The van der Waals surface area contributed by atoms with E-state index in [-0.39, 0.29) is 0 Å². The fraction of sp³-hybridized carbons (Fsp3) is 0.947. The van der Waals surface area contributed by atoms with Gasteiger partial charge in [-0.3, -0.25) is 0 Å². The molecule has 0 bridgehead atoms. The standard InChI is InChI=1S/C11H23N.C7H15N.CH2O/c1-2-3-4-6-9-12-10-7-5-8-11-12;1-7-3-5-8(2)6-4-7;1-2/h2-11H2,1H3;7H,3-6H2,1-2H3;1H2. The lowest BCUT2D eigenvalue weighted by atomic mass is 10.00. The van der Waals surface area contributed by atoms with Gasteiger partial charge in [-0.15, -0.1) is 0 Å². The van der Waals surface area contributed by atoms with Crippen molar-refractivity contribution in [2.45, 2.75) is 71.6 Å². The van der Waals surface area contributed by atoms with Gasteiger partial charge in [-0.05, 0) is 77.8 Å². The molecule has 22 heavy (non-hydrogen) atoms. The third kappa shape index (κ3) is 12.2. The van der Waals surface area contributed by atoms with Crippen molar-refractivity contribution >= 4 is 6.79 Å². The summed E-state index contributed by atoms with van der Waals surface area (Å²) in [6, 6.07) is 0. The molecule has 0 aliphatic carbocycles. The average molecular weight is 313 g/mol. The van der Waals surface area contributed by atoms with Crippen LogP contribution in [0, 0.1) is 5.92 Å². The Morgan fingerprint density at radius 1 is 0.909 bits per heavy atom. The number of hydrogen-bond acceptors (Lipinski definition) is 3. The zero-order valence-corrected chi connectivity index (χ0v) is 15.5. The van der Waals surface area contributed by atoms with Gasteiger partial charge in [0, 0.05) is 0 Å². The number of likely N-dealkylation sites (tertiary alicyclic amines) is 2. The molecule has 0 unspecified atom stereocenters. The topological polar surface area (TPSA) is 23.6 Å². The normalized spacial score (nSPS) is 20.5. The van der Waals surface area contributed by atoms with Crippen molar-refractivity contribution in [3.05, 3.63) is 0 Å². The van der Waals surface area contributed by atoms with Gasteiger partial charge in [-0.2, -0.15) is 0 Å². The van der Waals surface area contributed by atoms with Crippen molar-refractivity contribution in [2.75, 3.05) is 39.8 Å². The quantitative estimate of drug-likeness (QED) is 0.710. The molecule has 0 saturated carbocycles. The maximum atomic E-state index is 8.00. The van der Waals surface area contributed by atoms with E-state index < -0.39 is 0 Å². The molecule has 132 valence electrons. The molecule has 2 heterocycles. The Kier molecular flexibility index (Phi) is 15.2. The Balaban J connectivity index is 0.000000382. The van der Waals surface area contributed by atoms with Crippen LogP contribution >= 0.6 is 0 Å². The van der Waals surface area contributed by atoms with Crippen LogP contribution in [-0.4, -0.2) is 56.4 Å². The lowest BCUT2D eigenvalue weighted by Crippen LogP contribution is -2.30. The number of nitrogens with zero attached hydrogens (tertiary/aromatic N) is 2. The van der Waals surface area contributed by atoms with Gasteiger partial charge >= 0.3 is 0 Å². The summed E-state index contributed by atoms with van der Waals surface area (Å²) in [5.41, 5.74) is 0. The number of piperidine rings is 2. The van der Waals surface area contributed by atoms with Crippen LogP contribution in [0.25, 0.3) is 0 Å². The van der Waals surface area contributed by atoms with E-state index in [9.17, 15) is 0 Å². The molecule has 3 heteroatoms. The van der Waals surface area contributed by atoms with Crippen molar-refractivity contribution in [1.29, 1.82) is 0 Å². The summed E-state index contributed by atoms with van der Waals surface area (Å²) in [5, 5.41) is 0. The van der Waals surface area contributed by atoms with Gasteiger partial charge in [0.15, 0.2) is 0 Å². The van der Waals surface area contributed by atoms with Crippen molar-refractivity contribution in [3.8, 4) is 0 Å². The SMILES string of the molecule is C=O.CC1CCN(C)CC1.CCCCCCN1CCCCC1. The highest BCUT2D eigenvalue weighted by atomic mass is 16.1. The van der Waals surface area contributed by atoms with Crippen molar-refractivity contribution in [2.24, 2.45) is 5.92 Å². The first-order valence-electron chi connectivity index (χ1n) is 9.42. The van der Waals surface area contributed by atoms with E-state index in [1.165, 1.54) is 90.5 Å². The largest absolute Gasteiger partial charge is 0.307 e. The highest BCUT2D eigenvalue weighted by molar-refractivity contribution is 5.10. The third-order valence-corrected chi connectivity index (χ3v) is 4.78. The summed E-state index contributed by atoms with van der Waals surface area (Å²) >= 11 is 0. The Bertz CT molecular complexity index is 211. The monoisotopic (exact) mass is 312 g/mol. The number of rotatable bonds is 5. The van der Waals surface area contributed by atoms with Crippen molar-refractivity contribution in [1.82, 2.24) is 9.80 Å². The summed E-state index contributed by atoms with van der Waals surface area (Å²) in [5.74, 6) is 0.978. The van der Waals surface area contributed by atoms with Crippen molar-refractivity contribution in [3.63, 3.8) is 0 Å². The minimum atomic E-state index is 0.978. The second-order valence-corrected chi connectivity index (χ2v) is 6.95. The molecule has 2 rings (SSSR count). The number of hydrogen-bond donors (Lipinski definition) is 0. The molecule has 2 fully saturated rings. The van der Waals surface area contributed by atoms with Crippen LogP contribution in [0.5, 0.6) is 0 Å². The van der Waals surface area contributed by atoms with E-state index in [4.69, 9.17) is 4.79 Å².